The van der Waals surface area contributed by atoms with Crippen LogP contribution in [0.5, 0.6) is 0 Å². The van der Waals surface area contributed by atoms with Gasteiger partial charge < -0.3 is 4.90 Å². The molecule has 2 bridgehead atoms. The quantitative estimate of drug-likeness (QED) is 0.656. The number of fused-ring (bicyclic) bond motifs is 6. The predicted octanol–water partition coefficient (Wildman–Crippen LogP) is 0.928. The molecule has 2 heteroatoms. The molecule has 0 spiro atoms. The van der Waals surface area contributed by atoms with E-state index in [4.69, 9.17) is 0 Å². The lowest BCUT2D eigenvalue weighted by atomic mass is 9.71. The molecule has 4 fully saturated rings. The Bertz CT molecular complexity index is 263. The minimum Gasteiger partial charge on any atom is -0.332 e. The van der Waals surface area contributed by atoms with Gasteiger partial charge in [-0.15, -0.1) is 0 Å². The van der Waals surface area contributed by atoms with Crippen LogP contribution in [0.1, 0.15) is 44.9 Å². The van der Waals surface area contributed by atoms with Crippen LogP contribution in [0.4, 0.5) is 0 Å². The first-order valence-electron chi connectivity index (χ1n) is 8.00. The molecule has 1 N–H and O–H groups in total. The van der Waals surface area contributed by atoms with E-state index in [1.165, 1.54) is 64.7 Å². The molecular weight excluding hydrogens is 208 g/mol. The molecule has 4 rings (SSSR count). The second-order valence-corrected chi connectivity index (χ2v) is 7.03. The van der Waals surface area contributed by atoms with Gasteiger partial charge in [0.1, 0.15) is 0 Å². The maximum absolute atomic E-state index is 2.88. The Morgan fingerprint density at radius 2 is 1.88 bits per heavy atom. The highest BCUT2D eigenvalue weighted by Gasteiger charge is 2.48. The Kier molecular flexibility index (Phi) is 2.69. The van der Waals surface area contributed by atoms with Crippen LogP contribution in [0.15, 0.2) is 0 Å². The fourth-order valence-corrected chi connectivity index (χ4v) is 5.47. The molecule has 1 unspecified atom stereocenters. The van der Waals surface area contributed by atoms with Gasteiger partial charge in [-0.3, -0.25) is 4.90 Å². The summed E-state index contributed by atoms with van der Waals surface area (Å²) >= 11 is 0. The zero-order valence-corrected chi connectivity index (χ0v) is 11.0. The molecule has 5 atom stereocenters. The van der Waals surface area contributed by atoms with Crippen molar-refractivity contribution in [3.8, 4) is 0 Å². The summed E-state index contributed by atoms with van der Waals surface area (Å²) < 4.78 is 0. The SMILES string of the molecule is C1CCN2C[C@@H]3C[C@@H](C[NH+]4CCCC[C@H]34)[C@H]2C1. The Morgan fingerprint density at radius 3 is 2.88 bits per heavy atom. The monoisotopic (exact) mass is 235 g/mol. The fourth-order valence-electron chi connectivity index (χ4n) is 5.47. The molecule has 17 heavy (non-hydrogen) atoms. The van der Waals surface area contributed by atoms with Crippen molar-refractivity contribution in [2.45, 2.75) is 57.0 Å². The van der Waals surface area contributed by atoms with Crippen molar-refractivity contribution < 1.29 is 4.90 Å². The largest absolute Gasteiger partial charge is 0.332 e. The van der Waals surface area contributed by atoms with Gasteiger partial charge in [0.05, 0.1) is 19.1 Å². The third-order valence-corrected chi connectivity index (χ3v) is 6.16. The normalized spacial score (nSPS) is 50.5. The first-order chi connectivity index (χ1) is 8.42. The molecule has 4 saturated heterocycles. The van der Waals surface area contributed by atoms with Crippen molar-refractivity contribution in [3.05, 3.63) is 0 Å². The van der Waals surface area contributed by atoms with Crippen LogP contribution < -0.4 is 4.90 Å². The van der Waals surface area contributed by atoms with Gasteiger partial charge in [-0.2, -0.15) is 0 Å². The van der Waals surface area contributed by atoms with E-state index in [0.717, 1.165) is 23.9 Å². The number of quaternary nitrogens is 1. The van der Waals surface area contributed by atoms with Crippen LogP contribution in [0.25, 0.3) is 0 Å². The van der Waals surface area contributed by atoms with Crippen molar-refractivity contribution in [3.63, 3.8) is 0 Å². The third-order valence-electron chi connectivity index (χ3n) is 6.16. The van der Waals surface area contributed by atoms with Gasteiger partial charge in [-0.25, -0.2) is 0 Å². The number of hydrogen-bond donors (Lipinski definition) is 1. The van der Waals surface area contributed by atoms with Crippen LogP contribution in [0.2, 0.25) is 0 Å². The highest BCUT2D eigenvalue weighted by molar-refractivity contribution is 4.94. The predicted molar refractivity (Wildman–Crippen MR) is 69.1 cm³/mol. The van der Waals surface area contributed by atoms with E-state index < -0.39 is 0 Å². The third kappa shape index (κ3) is 1.76. The van der Waals surface area contributed by atoms with E-state index >= 15 is 0 Å². The first kappa shape index (κ1) is 10.8. The Morgan fingerprint density at radius 1 is 0.941 bits per heavy atom. The standard InChI is InChI=1S/C15H26N2/c1-3-7-16-11-13-9-12(14(16)5-1)10-17-8-4-2-6-15(13)17/h12-15H,1-11H2/p+1/t12-,13-,14+,15+/m0/s1. The second kappa shape index (κ2) is 4.24. The van der Waals surface area contributed by atoms with E-state index in [1.807, 2.05) is 4.90 Å². The average Bonchev–Trinajstić information content (AvgIpc) is 2.39. The van der Waals surface area contributed by atoms with Gasteiger partial charge >= 0.3 is 0 Å². The van der Waals surface area contributed by atoms with Crippen molar-refractivity contribution in [2.24, 2.45) is 11.8 Å². The molecule has 4 aliphatic rings. The van der Waals surface area contributed by atoms with Crippen molar-refractivity contribution in [1.82, 2.24) is 4.90 Å². The summed E-state index contributed by atoms with van der Waals surface area (Å²) in [5, 5.41) is 0. The molecule has 0 saturated carbocycles. The molecule has 2 nitrogen and oxygen atoms in total. The lowest BCUT2D eigenvalue weighted by molar-refractivity contribution is -0.945. The van der Waals surface area contributed by atoms with Gasteiger partial charge in [0.15, 0.2) is 0 Å². The molecular formula is C15H27N2+. The van der Waals surface area contributed by atoms with Crippen LogP contribution in [-0.2, 0) is 0 Å². The van der Waals surface area contributed by atoms with E-state index in [9.17, 15) is 0 Å². The summed E-state index contributed by atoms with van der Waals surface area (Å²) in [6.07, 6.45) is 10.6. The molecule has 0 aromatic heterocycles. The summed E-state index contributed by atoms with van der Waals surface area (Å²) in [5.74, 6) is 2.11. The van der Waals surface area contributed by atoms with E-state index in [-0.39, 0.29) is 0 Å². The van der Waals surface area contributed by atoms with E-state index in [1.54, 1.807) is 6.42 Å². The number of nitrogens with zero attached hydrogens (tertiary/aromatic N) is 1. The smallest absolute Gasteiger partial charge is 0.0915 e. The highest BCUT2D eigenvalue weighted by Crippen LogP contribution is 2.37. The summed E-state index contributed by atoms with van der Waals surface area (Å²) in [6, 6.07) is 2.03. The molecule has 0 aromatic carbocycles. The van der Waals surface area contributed by atoms with Gasteiger partial charge in [0.2, 0.25) is 0 Å². The zero-order valence-electron chi connectivity index (χ0n) is 11.0. The molecule has 0 aliphatic carbocycles. The highest BCUT2D eigenvalue weighted by atomic mass is 15.3. The van der Waals surface area contributed by atoms with Crippen LogP contribution in [-0.4, -0.2) is 43.2 Å². The summed E-state index contributed by atoms with van der Waals surface area (Å²) in [6.45, 7) is 5.88. The van der Waals surface area contributed by atoms with Crippen molar-refractivity contribution >= 4 is 0 Å². The van der Waals surface area contributed by atoms with Gasteiger partial charge in [0.25, 0.3) is 0 Å². The topological polar surface area (TPSA) is 7.68 Å². The molecule has 96 valence electrons. The Balaban J connectivity index is 1.56. The average molecular weight is 235 g/mol. The van der Waals surface area contributed by atoms with Crippen LogP contribution in [0.3, 0.4) is 0 Å². The van der Waals surface area contributed by atoms with E-state index in [2.05, 4.69) is 4.90 Å². The molecule has 4 heterocycles. The van der Waals surface area contributed by atoms with Gasteiger partial charge in [0, 0.05) is 24.4 Å². The summed E-state index contributed by atoms with van der Waals surface area (Å²) in [7, 11) is 0. The lowest BCUT2D eigenvalue weighted by Gasteiger charge is -2.54. The number of hydrogen-bond acceptors (Lipinski definition) is 1. The summed E-state index contributed by atoms with van der Waals surface area (Å²) in [5.41, 5.74) is 0. The lowest BCUT2D eigenvalue weighted by Crippen LogP contribution is -3.19. The Hall–Kier alpha value is -0.0800. The van der Waals surface area contributed by atoms with Gasteiger partial charge in [-0.05, 0) is 45.1 Å². The Labute approximate surface area is 105 Å². The van der Waals surface area contributed by atoms with Crippen molar-refractivity contribution in [1.29, 1.82) is 0 Å². The van der Waals surface area contributed by atoms with Crippen molar-refractivity contribution in [2.75, 3.05) is 26.2 Å². The number of nitrogens with one attached hydrogen (secondary N) is 1. The molecule has 4 aliphatic heterocycles. The minimum absolute atomic E-state index is 0.982. The maximum atomic E-state index is 2.88. The van der Waals surface area contributed by atoms with Crippen LogP contribution in [0, 0.1) is 11.8 Å². The summed E-state index contributed by atoms with van der Waals surface area (Å²) in [4.78, 5) is 4.89. The zero-order chi connectivity index (χ0) is 11.2. The first-order valence-corrected chi connectivity index (χ1v) is 8.00. The molecule has 0 radical (unpaired) electrons. The fraction of sp³-hybridized carbons (Fsp3) is 1.00. The van der Waals surface area contributed by atoms with Gasteiger partial charge in [-0.1, -0.05) is 6.42 Å². The molecule has 0 amide bonds. The number of piperidine rings is 4. The molecule has 0 aromatic rings. The van der Waals surface area contributed by atoms with Crippen LogP contribution >= 0.6 is 0 Å². The maximum Gasteiger partial charge on any atom is 0.0915 e. The number of rotatable bonds is 0. The second-order valence-electron chi connectivity index (χ2n) is 7.03. The minimum atomic E-state index is 0.982. The van der Waals surface area contributed by atoms with E-state index in [0.29, 0.717) is 0 Å².